The molecule has 6 heteroatoms. The third-order valence-electron chi connectivity index (χ3n) is 1.53. The molecule has 1 N–H and O–H groups in total. The minimum Gasteiger partial charge on any atom is -0.476 e. The molecule has 1 aromatic heterocycles. The normalized spacial score (nSPS) is 10.4. The van der Waals surface area contributed by atoms with E-state index in [4.69, 9.17) is 5.11 Å². The van der Waals surface area contributed by atoms with Gasteiger partial charge in [-0.3, -0.25) is 4.79 Å². The summed E-state index contributed by atoms with van der Waals surface area (Å²) in [6, 6.07) is -0.0826. The van der Waals surface area contributed by atoms with Crippen LogP contribution in [0.4, 0.5) is 0 Å². The molecule has 0 radical (unpaired) electrons. The van der Waals surface area contributed by atoms with E-state index in [-0.39, 0.29) is 17.4 Å². The maximum Gasteiger partial charge on any atom is 0.358 e. The van der Waals surface area contributed by atoms with Crippen LogP contribution in [0.5, 0.6) is 0 Å². The van der Waals surface area contributed by atoms with Crippen molar-refractivity contribution in [1.82, 2.24) is 15.0 Å². The number of carbonyl (C=O) groups is 2. The van der Waals surface area contributed by atoms with E-state index in [1.807, 2.05) is 0 Å². The molecule has 1 rings (SSSR count). The first-order chi connectivity index (χ1) is 6.07. The molecule has 0 aliphatic rings. The van der Waals surface area contributed by atoms with E-state index in [1.165, 1.54) is 4.68 Å². The number of carbonyl (C=O) groups excluding carboxylic acids is 1. The fourth-order valence-electron chi connectivity index (χ4n) is 0.944. The number of aromatic nitrogens is 3. The van der Waals surface area contributed by atoms with Crippen molar-refractivity contribution in [2.45, 2.75) is 19.9 Å². The van der Waals surface area contributed by atoms with Gasteiger partial charge >= 0.3 is 5.97 Å². The van der Waals surface area contributed by atoms with E-state index < -0.39 is 5.97 Å². The fraction of sp³-hybridized carbons (Fsp3) is 0.429. The molecule has 0 aliphatic carbocycles. The van der Waals surface area contributed by atoms with Gasteiger partial charge in [0, 0.05) is 6.04 Å². The van der Waals surface area contributed by atoms with Crippen LogP contribution in [-0.2, 0) is 0 Å². The summed E-state index contributed by atoms with van der Waals surface area (Å²) in [7, 11) is 0. The second-order valence-corrected chi connectivity index (χ2v) is 2.78. The summed E-state index contributed by atoms with van der Waals surface area (Å²) >= 11 is 0. The van der Waals surface area contributed by atoms with Crippen molar-refractivity contribution in [3.05, 3.63) is 11.4 Å². The molecule has 13 heavy (non-hydrogen) atoms. The Morgan fingerprint density at radius 1 is 1.62 bits per heavy atom. The van der Waals surface area contributed by atoms with Crippen LogP contribution in [0.1, 0.15) is 40.9 Å². The van der Waals surface area contributed by atoms with Crippen molar-refractivity contribution in [3.8, 4) is 0 Å². The lowest BCUT2D eigenvalue weighted by atomic mass is 10.3. The second kappa shape index (κ2) is 3.34. The largest absolute Gasteiger partial charge is 0.476 e. The monoisotopic (exact) mass is 183 g/mol. The Hall–Kier alpha value is -1.72. The zero-order valence-corrected chi connectivity index (χ0v) is 7.26. The number of carboxylic acid groups (broad SMARTS) is 1. The number of aromatic carboxylic acids is 1. The first-order valence-electron chi connectivity index (χ1n) is 3.71. The van der Waals surface area contributed by atoms with Gasteiger partial charge in [0.2, 0.25) is 5.69 Å². The number of hydrogen-bond acceptors (Lipinski definition) is 4. The lowest BCUT2D eigenvalue weighted by Gasteiger charge is -2.04. The molecule has 6 nitrogen and oxygen atoms in total. The van der Waals surface area contributed by atoms with Gasteiger partial charge in [-0.2, -0.15) is 0 Å². The van der Waals surface area contributed by atoms with Crippen molar-refractivity contribution in [1.29, 1.82) is 0 Å². The highest BCUT2D eigenvalue weighted by Gasteiger charge is 2.19. The average molecular weight is 183 g/mol. The van der Waals surface area contributed by atoms with Crippen LogP contribution < -0.4 is 0 Å². The maximum absolute atomic E-state index is 10.6. The van der Waals surface area contributed by atoms with Crippen LogP contribution in [0.3, 0.4) is 0 Å². The maximum atomic E-state index is 10.6. The van der Waals surface area contributed by atoms with Crippen molar-refractivity contribution < 1.29 is 14.7 Å². The minimum atomic E-state index is -1.24. The van der Waals surface area contributed by atoms with E-state index in [9.17, 15) is 9.59 Å². The van der Waals surface area contributed by atoms with Crippen LogP contribution in [0.15, 0.2) is 0 Å². The Balaban J connectivity index is 3.26. The van der Waals surface area contributed by atoms with Crippen LogP contribution in [0, 0.1) is 0 Å². The standard InChI is InChI=1S/C7H9N3O3/c1-4(2)10-5(3-11)6(7(12)13)8-9-10/h3-4H,1-2H3,(H,12,13). The summed E-state index contributed by atoms with van der Waals surface area (Å²) in [5.74, 6) is -1.24. The molecule has 0 aromatic carbocycles. The van der Waals surface area contributed by atoms with Crippen LogP contribution in [0.2, 0.25) is 0 Å². The molecule has 0 unspecified atom stereocenters. The molecule has 0 saturated heterocycles. The highest BCUT2D eigenvalue weighted by Crippen LogP contribution is 2.08. The Labute approximate surface area is 74.2 Å². The summed E-state index contributed by atoms with van der Waals surface area (Å²) in [6.07, 6.45) is 0.448. The molecule has 1 heterocycles. The van der Waals surface area contributed by atoms with Crippen LogP contribution >= 0.6 is 0 Å². The SMILES string of the molecule is CC(C)n1nnc(C(=O)O)c1C=O. The van der Waals surface area contributed by atoms with E-state index in [0.29, 0.717) is 6.29 Å². The van der Waals surface area contributed by atoms with Gasteiger partial charge in [-0.15, -0.1) is 5.10 Å². The number of rotatable bonds is 3. The molecule has 0 spiro atoms. The second-order valence-electron chi connectivity index (χ2n) is 2.78. The third kappa shape index (κ3) is 1.56. The van der Waals surface area contributed by atoms with Gasteiger partial charge in [0.1, 0.15) is 5.69 Å². The molecule has 0 atom stereocenters. The van der Waals surface area contributed by atoms with Crippen molar-refractivity contribution in [2.24, 2.45) is 0 Å². The highest BCUT2D eigenvalue weighted by molar-refractivity contribution is 5.93. The zero-order chi connectivity index (χ0) is 10.0. The van der Waals surface area contributed by atoms with Crippen molar-refractivity contribution in [3.63, 3.8) is 0 Å². The summed E-state index contributed by atoms with van der Waals surface area (Å²) in [5.41, 5.74) is -0.300. The summed E-state index contributed by atoms with van der Waals surface area (Å²) < 4.78 is 1.27. The molecule has 0 bridgehead atoms. The molecule has 0 saturated carbocycles. The minimum absolute atomic E-state index is 0.00231. The zero-order valence-electron chi connectivity index (χ0n) is 7.26. The fourth-order valence-corrected chi connectivity index (χ4v) is 0.944. The van der Waals surface area contributed by atoms with E-state index in [0.717, 1.165) is 0 Å². The van der Waals surface area contributed by atoms with Gasteiger partial charge in [-0.25, -0.2) is 9.48 Å². The molecule has 70 valence electrons. The van der Waals surface area contributed by atoms with E-state index in [2.05, 4.69) is 10.3 Å². The first-order valence-corrected chi connectivity index (χ1v) is 3.71. The average Bonchev–Trinajstić information content (AvgIpc) is 2.46. The summed E-state index contributed by atoms with van der Waals surface area (Å²) in [4.78, 5) is 21.1. The van der Waals surface area contributed by atoms with Gasteiger partial charge in [-0.05, 0) is 13.8 Å². The van der Waals surface area contributed by atoms with E-state index >= 15 is 0 Å². The van der Waals surface area contributed by atoms with Crippen molar-refractivity contribution >= 4 is 12.3 Å². The molecule has 0 aliphatic heterocycles. The Kier molecular flexibility index (Phi) is 2.41. The smallest absolute Gasteiger partial charge is 0.358 e. The molecule has 0 amide bonds. The molecule has 0 fully saturated rings. The van der Waals surface area contributed by atoms with Gasteiger partial charge in [0.25, 0.3) is 0 Å². The Morgan fingerprint density at radius 3 is 2.62 bits per heavy atom. The van der Waals surface area contributed by atoms with Crippen LogP contribution in [0.25, 0.3) is 0 Å². The van der Waals surface area contributed by atoms with Crippen LogP contribution in [-0.4, -0.2) is 32.4 Å². The van der Waals surface area contributed by atoms with Gasteiger partial charge < -0.3 is 5.11 Å². The first kappa shape index (κ1) is 9.37. The van der Waals surface area contributed by atoms with E-state index in [1.54, 1.807) is 13.8 Å². The molecular formula is C7H9N3O3. The third-order valence-corrected chi connectivity index (χ3v) is 1.53. The topological polar surface area (TPSA) is 85.1 Å². The number of carboxylic acids is 1. The van der Waals surface area contributed by atoms with Gasteiger partial charge in [0.05, 0.1) is 0 Å². The quantitative estimate of drug-likeness (QED) is 0.684. The predicted molar refractivity (Wildman–Crippen MR) is 42.8 cm³/mol. The van der Waals surface area contributed by atoms with Gasteiger partial charge in [-0.1, -0.05) is 5.21 Å². The number of nitrogens with zero attached hydrogens (tertiary/aromatic N) is 3. The Morgan fingerprint density at radius 2 is 2.23 bits per heavy atom. The van der Waals surface area contributed by atoms with Gasteiger partial charge in [0.15, 0.2) is 6.29 Å². The number of hydrogen-bond donors (Lipinski definition) is 1. The summed E-state index contributed by atoms with van der Waals surface area (Å²) in [5, 5.41) is 15.6. The lowest BCUT2D eigenvalue weighted by Crippen LogP contribution is -2.09. The molecule has 1 aromatic rings. The van der Waals surface area contributed by atoms with Crippen molar-refractivity contribution in [2.75, 3.05) is 0 Å². The lowest BCUT2D eigenvalue weighted by molar-refractivity contribution is 0.0687. The summed E-state index contributed by atoms with van der Waals surface area (Å²) in [6.45, 7) is 3.57. The molecular weight excluding hydrogens is 174 g/mol. The predicted octanol–water partition coefficient (Wildman–Crippen LogP) is 0.370. The number of aldehydes is 1. The highest BCUT2D eigenvalue weighted by atomic mass is 16.4. The Bertz CT molecular complexity index is 343.